The smallest absolute Gasteiger partial charge is 0.221 e. The third-order valence-electron chi connectivity index (χ3n) is 10.2. The minimum Gasteiger partial charge on any atom is -0.279 e. The van der Waals surface area contributed by atoms with Crippen molar-refractivity contribution in [2.45, 2.75) is 0 Å². The SMILES string of the molecule is c1ccc(-c2cccc(-c3nc(-c4ccccc4)nc(-c4ccc5c6ccccc6n(-c6nc7ccccc7c7nc8ccccc8n67)c5c4)n3)c2)cc1. The van der Waals surface area contributed by atoms with Crippen LogP contribution in [0.3, 0.4) is 0 Å². The Balaban J connectivity index is 1.17. The van der Waals surface area contributed by atoms with Crippen LogP contribution in [0.4, 0.5) is 0 Å². The molecule has 0 aliphatic rings. The Morgan fingerprint density at radius 2 is 0.870 bits per heavy atom. The predicted octanol–water partition coefficient (Wildman–Crippen LogP) is 11.0. The minimum absolute atomic E-state index is 0.590. The second-order valence-electron chi connectivity index (χ2n) is 13.4. The molecule has 7 aromatic carbocycles. The Hall–Kier alpha value is -7.51. The normalized spacial score (nSPS) is 11.7. The average molecular weight is 692 g/mol. The molecule has 0 aliphatic heterocycles. The summed E-state index contributed by atoms with van der Waals surface area (Å²) in [5.41, 5.74) is 10.6. The Kier molecular flexibility index (Phi) is 6.72. The monoisotopic (exact) mass is 691 g/mol. The highest BCUT2D eigenvalue weighted by Crippen LogP contribution is 2.37. The highest BCUT2D eigenvalue weighted by molar-refractivity contribution is 6.10. The molecule has 54 heavy (non-hydrogen) atoms. The van der Waals surface area contributed by atoms with E-state index >= 15 is 0 Å². The van der Waals surface area contributed by atoms with Crippen LogP contribution in [0.1, 0.15) is 0 Å². The molecule has 7 nitrogen and oxygen atoms in total. The molecule has 4 aromatic heterocycles. The van der Waals surface area contributed by atoms with E-state index < -0.39 is 0 Å². The molecule has 0 unspecified atom stereocenters. The van der Waals surface area contributed by atoms with Gasteiger partial charge < -0.3 is 0 Å². The maximum absolute atomic E-state index is 5.36. The van der Waals surface area contributed by atoms with E-state index in [1.165, 1.54) is 0 Å². The molecule has 252 valence electrons. The maximum Gasteiger partial charge on any atom is 0.221 e. The van der Waals surface area contributed by atoms with Crippen molar-refractivity contribution in [3.8, 4) is 51.2 Å². The van der Waals surface area contributed by atoms with Crippen LogP contribution in [-0.2, 0) is 0 Å². The first kappa shape index (κ1) is 30.1. The van der Waals surface area contributed by atoms with Gasteiger partial charge in [-0.2, -0.15) is 0 Å². The molecule has 11 rings (SSSR count). The number of imidazole rings is 1. The van der Waals surface area contributed by atoms with Crippen molar-refractivity contribution < 1.29 is 0 Å². The fraction of sp³-hybridized carbons (Fsp3) is 0. The summed E-state index contributed by atoms with van der Waals surface area (Å²) in [6, 6.07) is 60.3. The van der Waals surface area contributed by atoms with Gasteiger partial charge in [-0.25, -0.2) is 24.9 Å². The first-order chi connectivity index (χ1) is 26.8. The molecule has 4 heterocycles. The largest absolute Gasteiger partial charge is 0.279 e. The highest BCUT2D eigenvalue weighted by atomic mass is 15.2. The van der Waals surface area contributed by atoms with E-state index in [0.29, 0.717) is 17.5 Å². The molecule has 0 atom stereocenters. The fourth-order valence-corrected chi connectivity index (χ4v) is 7.62. The molecule has 7 heteroatoms. The third-order valence-corrected chi connectivity index (χ3v) is 10.2. The van der Waals surface area contributed by atoms with Crippen molar-refractivity contribution in [3.63, 3.8) is 0 Å². The summed E-state index contributed by atoms with van der Waals surface area (Å²) >= 11 is 0. The Labute approximate surface area is 309 Å². The third kappa shape index (κ3) is 4.79. The summed E-state index contributed by atoms with van der Waals surface area (Å²) in [5.74, 6) is 2.58. The summed E-state index contributed by atoms with van der Waals surface area (Å²) in [6.07, 6.45) is 0. The number of hydrogen-bond acceptors (Lipinski definition) is 5. The van der Waals surface area contributed by atoms with Crippen molar-refractivity contribution in [2.75, 3.05) is 0 Å². The first-order valence-electron chi connectivity index (χ1n) is 17.9. The van der Waals surface area contributed by atoms with Gasteiger partial charge >= 0.3 is 0 Å². The Bertz CT molecular complexity index is 3220. The molecule has 0 saturated carbocycles. The summed E-state index contributed by atoms with van der Waals surface area (Å²) in [5, 5.41) is 3.24. The molecule has 0 spiro atoms. The summed E-state index contributed by atoms with van der Waals surface area (Å²) in [6.45, 7) is 0. The lowest BCUT2D eigenvalue weighted by Crippen LogP contribution is -2.06. The minimum atomic E-state index is 0.590. The summed E-state index contributed by atoms with van der Waals surface area (Å²) in [4.78, 5) is 25.8. The van der Waals surface area contributed by atoms with Gasteiger partial charge in [0.05, 0.1) is 27.6 Å². The van der Waals surface area contributed by atoms with Crippen LogP contribution >= 0.6 is 0 Å². The van der Waals surface area contributed by atoms with Gasteiger partial charge in [0.15, 0.2) is 17.5 Å². The van der Waals surface area contributed by atoms with Gasteiger partial charge in [0.25, 0.3) is 0 Å². The number of benzene rings is 7. The van der Waals surface area contributed by atoms with Crippen LogP contribution in [0.5, 0.6) is 0 Å². The van der Waals surface area contributed by atoms with E-state index in [9.17, 15) is 0 Å². The van der Waals surface area contributed by atoms with E-state index in [4.69, 9.17) is 24.9 Å². The maximum atomic E-state index is 5.36. The van der Waals surface area contributed by atoms with Crippen molar-refractivity contribution in [1.29, 1.82) is 0 Å². The summed E-state index contributed by atoms with van der Waals surface area (Å²) in [7, 11) is 0. The quantitative estimate of drug-likeness (QED) is 0.180. The zero-order valence-corrected chi connectivity index (χ0v) is 28.9. The number of rotatable bonds is 5. The van der Waals surface area contributed by atoms with Gasteiger partial charge in [-0.3, -0.25) is 8.97 Å². The first-order valence-corrected chi connectivity index (χ1v) is 17.9. The molecule has 0 aliphatic carbocycles. The molecule has 0 fully saturated rings. The van der Waals surface area contributed by atoms with Gasteiger partial charge in [-0.15, -0.1) is 0 Å². The van der Waals surface area contributed by atoms with Gasteiger partial charge in [-0.05, 0) is 53.6 Å². The molecule has 0 saturated heterocycles. The fourth-order valence-electron chi connectivity index (χ4n) is 7.62. The van der Waals surface area contributed by atoms with Gasteiger partial charge in [-0.1, -0.05) is 133 Å². The van der Waals surface area contributed by atoms with Crippen LogP contribution in [-0.4, -0.2) is 33.9 Å². The summed E-state index contributed by atoms with van der Waals surface area (Å²) < 4.78 is 4.44. The van der Waals surface area contributed by atoms with E-state index in [-0.39, 0.29) is 0 Å². The van der Waals surface area contributed by atoms with E-state index in [2.05, 4.69) is 130 Å². The van der Waals surface area contributed by atoms with E-state index in [0.717, 1.165) is 83.2 Å². The lowest BCUT2D eigenvalue weighted by molar-refractivity contribution is 0.979. The van der Waals surface area contributed by atoms with Crippen LogP contribution in [0.15, 0.2) is 176 Å². The topological polar surface area (TPSA) is 73.8 Å². The average Bonchev–Trinajstić information content (AvgIpc) is 3.80. The van der Waals surface area contributed by atoms with Crippen LogP contribution in [0, 0.1) is 0 Å². The molecule has 0 amide bonds. The second-order valence-corrected chi connectivity index (χ2v) is 13.4. The van der Waals surface area contributed by atoms with Crippen LogP contribution < -0.4 is 0 Å². The van der Waals surface area contributed by atoms with Gasteiger partial charge in [0.1, 0.15) is 5.65 Å². The lowest BCUT2D eigenvalue weighted by Gasteiger charge is -2.13. The zero-order valence-electron chi connectivity index (χ0n) is 28.9. The molecule has 0 bridgehead atoms. The van der Waals surface area contributed by atoms with Crippen molar-refractivity contribution >= 4 is 49.4 Å². The number of para-hydroxylation sites is 4. The van der Waals surface area contributed by atoms with Gasteiger partial charge in [0.2, 0.25) is 5.95 Å². The van der Waals surface area contributed by atoms with Crippen molar-refractivity contribution in [2.24, 2.45) is 0 Å². The Morgan fingerprint density at radius 1 is 0.315 bits per heavy atom. The van der Waals surface area contributed by atoms with Crippen LogP contribution in [0.2, 0.25) is 0 Å². The molecule has 0 radical (unpaired) electrons. The standard InChI is InChI=1S/C47H29N7/c1-3-14-30(15-4-1)32-18-13-19-33(28-32)44-50-43(31-16-5-2-6-17-31)51-45(52-44)34-26-27-36-35-20-8-11-24-40(35)53(42(36)29-34)47-49-38-22-9-7-21-37(38)46-48-39-23-10-12-25-41(39)54(46)47/h1-29H. The van der Waals surface area contributed by atoms with Gasteiger partial charge in [0, 0.05) is 32.8 Å². The number of hydrogen-bond donors (Lipinski definition) is 0. The molecular weight excluding hydrogens is 663 g/mol. The van der Waals surface area contributed by atoms with E-state index in [1.54, 1.807) is 0 Å². The number of aromatic nitrogens is 7. The zero-order chi connectivity index (χ0) is 35.6. The molecular formula is C47H29N7. The Morgan fingerprint density at radius 3 is 1.65 bits per heavy atom. The number of nitrogens with zero attached hydrogens (tertiary/aromatic N) is 7. The number of fused-ring (bicyclic) bond motifs is 8. The lowest BCUT2D eigenvalue weighted by atomic mass is 10.0. The van der Waals surface area contributed by atoms with Crippen LogP contribution in [0.25, 0.3) is 101 Å². The molecule has 0 N–H and O–H groups in total. The highest BCUT2D eigenvalue weighted by Gasteiger charge is 2.21. The second kappa shape index (κ2) is 12.0. The van der Waals surface area contributed by atoms with Crippen molar-refractivity contribution in [3.05, 3.63) is 176 Å². The van der Waals surface area contributed by atoms with E-state index in [1.807, 2.05) is 54.6 Å². The predicted molar refractivity (Wildman–Crippen MR) is 217 cm³/mol. The van der Waals surface area contributed by atoms with Crippen molar-refractivity contribution in [1.82, 2.24) is 33.9 Å². The molecule has 11 aromatic rings.